The standard InChI is InChI=1S/C13H20N2O3S2/c1-4-13(3,12(17)18)15-11(16)5-6-19-7-10-8-20-9(2)14-10/h8H,4-7H2,1-3H3,(H,15,16)(H,17,18). The molecule has 1 aromatic heterocycles. The van der Waals surface area contributed by atoms with Gasteiger partial charge in [-0.15, -0.1) is 11.3 Å². The van der Waals surface area contributed by atoms with Crippen LogP contribution in [0.1, 0.15) is 37.4 Å². The van der Waals surface area contributed by atoms with E-state index in [1.165, 1.54) is 6.92 Å². The molecule has 0 aliphatic heterocycles. The lowest BCUT2D eigenvalue weighted by Gasteiger charge is -2.24. The maximum absolute atomic E-state index is 11.7. The average Bonchev–Trinajstić information content (AvgIpc) is 2.80. The number of hydrogen-bond acceptors (Lipinski definition) is 5. The number of amides is 1. The molecule has 2 N–H and O–H groups in total. The molecule has 0 aromatic carbocycles. The number of carboxylic acid groups (broad SMARTS) is 1. The van der Waals surface area contributed by atoms with Crippen LogP contribution in [0.5, 0.6) is 0 Å². The number of carboxylic acids is 1. The Morgan fingerprint density at radius 3 is 2.75 bits per heavy atom. The van der Waals surface area contributed by atoms with Crippen molar-refractivity contribution in [3.05, 3.63) is 16.1 Å². The Morgan fingerprint density at radius 2 is 2.25 bits per heavy atom. The van der Waals surface area contributed by atoms with Crippen LogP contribution in [0.15, 0.2) is 5.38 Å². The first-order valence-corrected chi connectivity index (χ1v) is 8.44. The minimum absolute atomic E-state index is 0.223. The Morgan fingerprint density at radius 1 is 1.55 bits per heavy atom. The molecule has 0 saturated heterocycles. The number of aryl methyl sites for hydroxylation is 1. The van der Waals surface area contributed by atoms with Crippen molar-refractivity contribution in [2.75, 3.05) is 5.75 Å². The molecule has 20 heavy (non-hydrogen) atoms. The van der Waals surface area contributed by atoms with Crippen molar-refractivity contribution in [1.82, 2.24) is 10.3 Å². The van der Waals surface area contributed by atoms with Gasteiger partial charge in [0.1, 0.15) is 5.54 Å². The first-order chi connectivity index (χ1) is 9.37. The predicted molar refractivity (Wildman–Crippen MR) is 82.1 cm³/mol. The SMILES string of the molecule is CCC(C)(NC(=O)CCSCc1csc(C)n1)C(=O)O. The van der Waals surface area contributed by atoms with Gasteiger partial charge in [-0.05, 0) is 20.3 Å². The van der Waals surface area contributed by atoms with Crippen molar-refractivity contribution < 1.29 is 14.7 Å². The van der Waals surface area contributed by atoms with Gasteiger partial charge in [0.15, 0.2) is 0 Å². The van der Waals surface area contributed by atoms with Crippen molar-refractivity contribution >= 4 is 35.0 Å². The first-order valence-electron chi connectivity index (χ1n) is 6.40. The van der Waals surface area contributed by atoms with E-state index in [0.717, 1.165) is 16.5 Å². The van der Waals surface area contributed by atoms with Gasteiger partial charge >= 0.3 is 5.97 Å². The van der Waals surface area contributed by atoms with E-state index in [-0.39, 0.29) is 5.91 Å². The molecule has 0 saturated carbocycles. The monoisotopic (exact) mass is 316 g/mol. The quantitative estimate of drug-likeness (QED) is 0.720. The summed E-state index contributed by atoms with van der Waals surface area (Å²) in [5, 5.41) is 14.7. The molecule has 5 nitrogen and oxygen atoms in total. The number of rotatable bonds is 8. The van der Waals surface area contributed by atoms with Gasteiger partial charge in [0, 0.05) is 23.3 Å². The molecule has 1 unspecified atom stereocenters. The lowest BCUT2D eigenvalue weighted by Crippen LogP contribution is -2.51. The van der Waals surface area contributed by atoms with E-state index in [0.29, 0.717) is 18.6 Å². The van der Waals surface area contributed by atoms with Gasteiger partial charge in [-0.2, -0.15) is 11.8 Å². The van der Waals surface area contributed by atoms with E-state index in [9.17, 15) is 9.59 Å². The van der Waals surface area contributed by atoms with Crippen LogP contribution >= 0.6 is 23.1 Å². The molecule has 1 heterocycles. The van der Waals surface area contributed by atoms with Gasteiger partial charge in [0.05, 0.1) is 10.7 Å². The number of nitrogens with one attached hydrogen (secondary N) is 1. The molecule has 1 aromatic rings. The maximum atomic E-state index is 11.7. The second-order valence-electron chi connectivity index (χ2n) is 4.70. The molecule has 1 amide bonds. The van der Waals surface area contributed by atoms with Crippen LogP contribution in [0.3, 0.4) is 0 Å². The van der Waals surface area contributed by atoms with Crippen LogP contribution in [-0.4, -0.2) is 33.3 Å². The van der Waals surface area contributed by atoms with Crippen LogP contribution < -0.4 is 5.32 Å². The van der Waals surface area contributed by atoms with E-state index in [1.807, 2.05) is 12.3 Å². The molecular formula is C13H20N2O3S2. The Balaban J connectivity index is 2.28. The predicted octanol–water partition coefficient (Wildman–Crippen LogP) is 2.44. The van der Waals surface area contributed by atoms with Gasteiger partial charge in [-0.1, -0.05) is 6.92 Å². The second-order valence-corrected chi connectivity index (χ2v) is 6.87. The zero-order valence-electron chi connectivity index (χ0n) is 11.9. The van der Waals surface area contributed by atoms with E-state index in [1.54, 1.807) is 30.0 Å². The number of aliphatic carboxylic acids is 1. The molecular weight excluding hydrogens is 296 g/mol. The molecule has 0 radical (unpaired) electrons. The summed E-state index contributed by atoms with van der Waals surface area (Å²) < 4.78 is 0. The Hall–Kier alpha value is -1.08. The normalized spacial score (nSPS) is 13.8. The number of carbonyl (C=O) groups excluding carboxylic acids is 1. The Kier molecular flexibility index (Phi) is 6.48. The summed E-state index contributed by atoms with van der Waals surface area (Å²) in [6, 6.07) is 0. The van der Waals surface area contributed by atoms with Gasteiger partial charge in [0.25, 0.3) is 0 Å². The number of carbonyl (C=O) groups is 2. The van der Waals surface area contributed by atoms with Gasteiger partial charge in [-0.3, -0.25) is 4.79 Å². The van der Waals surface area contributed by atoms with E-state index >= 15 is 0 Å². The highest BCUT2D eigenvalue weighted by Gasteiger charge is 2.32. The van der Waals surface area contributed by atoms with Crippen molar-refractivity contribution in [3.8, 4) is 0 Å². The Bertz CT molecular complexity index is 476. The number of hydrogen-bond donors (Lipinski definition) is 2. The molecule has 0 aliphatic rings. The third-order valence-electron chi connectivity index (χ3n) is 2.98. The maximum Gasteiger partial charge on any atom is 0.329 e. The molecule has 1 rings (SSSR count). The van der Waals surface area contributed by atoms with Crippen LogP contribution in [0.4, 0.5) is 0 Å². The molecule has 0 fully saturated rings. The highest BCUT2D eigenvalue weighted by Crippen LogP contribution is 2.16. The summed E-state index contributed by atoms with van der Waals surface area (Å²) >= 11 is 3.24. The van der Waals surface area contributed by atoms with Crippen molar-refractivity contribution in [2.45, 2.75) is 44.9 Å². The Labute approximate surface area is 127 Å². The molecule has 1 atom stereocenters. The lowest BCUT2D eigenvalue weighted by atomic mass is 9.99. The minimum Gasteiger partial charge on any atom is -0.480 e. The van der Waals surface area contributed by atoms with Crippen molar-refractivity contribution in [1.29, 1.82) is 0 Å². The molecule has 0 spiro atoms. The topological polar surface area (TPSA) is 79.3 Å². The number of thiazole rings is 1. The van der Waals surface area contributed by atoms with Crippen molar-refractivity contribution in [2.24, 2.45) is 0 Å². The van der Waals surface area contributed by atoms with Crippen LogP contribution in [-0.2, 0) is 15.3 Å². The van der Waals surface area contributed by atoms with Crippen LogP contribution in [0.2, 0.25) is 0 Å². The van der Waals surface area contributed by atoms with Gasteiger partial charge in [-0.25, -0.2) is 9.78 Å². The second kappa shape index (κ2) is 7.64. The molecule has 112 valence electrons. The largest absolute Gasteiger partial charge is 0.480 e. The summed E-state index contributed by atoms with van der Waals surface area (Å²) in [4.78, 5) is 27.2. The van der Waals surface area contributed by atoms with E-state index < -0.39 is 11.5 Å². The fourth-order valence-electron chi connectivity index (χ4n) is 1.48. The molecule has 7 heteroatoms. The van der Waals surface area contributed by atoms with Crippen LogP contribution in [0, 0.1) is 6.92 Å². The summed E-state index contributed by atoms with van der Waals surface area (Å²) in [5.41, 5.74) is -0.143. The zero-order chi connectivity index (χ0) is 15.2. The molecule has 0 aliphatic carbocycles. The summed E-state index contributed by atoms with van der Waals surface area (Å²) in [5.74, 6) is 0.210. The number of nitrogens with zero attached hydrogens (tertiary/aromatic N) is 1. The van der Waals surface area contributed by atoms with E-state index in [2.05, 4.69) is 10.3 Å². The zero-order valence-corrected chi connectivity index (χ0v) is 13.6. The summed E-state index contributed by atoms with van der Waals surface area (Å²) in [7, 11) is 0. The third-order valence-corrected chi connectivity index (χ3v) is 4.80. The summed E-state index contributed by atoms with van der Waals surface area (Å²) in [6.07, 6.45) is 0.677. The number of thioether (sulfide) groups is 1. The van der Waals surface area contributed by atoms with Gasteiger partial charge < -0.3 is 10.4 Å². The highest BCUT2D eigenvalue weighted by molar-refractivity contribution is 7.98. The first kappa shape index (κ1) is 17.0. The fourth-order valence-corrected chi connectivity index (χ4v) is 3.03. The lowest BCUT2D eigenvalue weighted by molar-refractivity contribution is -0.146. The van der Waals surface area contributed by atoms with Crippen LogP contribution in [0.25, 0.3) is 0 Å². The van der Waals surface area contributed by atoms with Crippen molar-refractivity contribution in [3.63, 3.8) is 0 Å². The van der Waals surface area contributed by atoms with E-state index in [4.69, 9.17) is 5.11 Å². The smallest absolute Gasteiger partial charge is 0.329 e. The summed E-state index contributed by atoms with van der Waals surface area (Å²) in [6.45, 7) is 5.23. The fraction of sp³-hybridized carbons (Fsp3) is 0.615. The third kappa shape index (κ3) is 5.13. The minimum atomic E-state index is -1.17. The highest BCUT2D eigenvalue weighted by atomic mass is 32.2. The number of aromatic nitrogens is 1. The van der Waals surface area contributed by atoms with Gasteiger partial charge in [0.2, 0.25) is 5.91 Å². The molecule has 0 bridgehead atoms. The average molecular weight is 316 g/mol.